The lowest BCUT2D eigenvalue weighted by Crippen LogP contribution is -1.87. The Morgan fingerprint density at radius 1 is 1.45 bits per heavy atom. The van der Waals surface area contributed by atoms with Gasteiger partial charge in [0.25, 0.3) is 0 Å². The zero-order chi connectivity index (χ0) is 8.43. The molecule has 0 spiro atoms. The molecule has 1 aromatic carbocycles. The fourth-order valence-electron chi connectivity index (χ4n) is 0.775. The van der Waals surface area contributed by atoms with Crippen molar-refractivity contribution < 1.29 is 4.39 Å². The zero-order valence-corrected chi connectivity index (χ0v) is 9.17. The largest absolute Gasteiger partial charge is 0.207 e. The molecule has 0 radical (unpaired) electrons. The van der Waals surface area contributed by atoms with Gasteiger partial charge in [-0.05, 0) is 30.2 Å². The van der Waals surface area contributed by atoms with E-state index in [1.807, 2.05) is 6.07 Å². The highest BCUT2D eigenvalue weighted by molar-refractivity contribution is 9.10. The van der Waals surface area contributed by atoms with E-state index in [1.54, 1.807) is 6.92 Å². The Morgan fingerprint density at radius 3 is 2.55 bits per heavy atom. The summed E-state index contributed by atoms with van der Waals surface area (Å²) in [4.78, 5) is 0. The highest BCUT2D eigenvalue weighted by atomic mass is 79.9. The van der Waals surface area contributed by atoms with Crippen molar-refractivity contribution >= 4 is 31.9 Å². The third-order valence-corrected chi connectivity index (χ3v) is 2.97. The van der Waals surface area contributed by atoms with Gasteiger partial charge in [-0.15, -0.1) is 0 Å². The molecule has 1 rings (SSSR count). The molecule has 0 atom stereocenters. The lowest BCUT2D eigenvalue weighted by molar-refractivity contribution is 0.616. The van der Waals surface area contributed by atoms with E-state index in [2.05, 4.69) is 31.9 Å². The first kappa shape index (κ1) is 9.20. The minimum atomic E-state index is -0.158. The second-order valence-electron chi connectivity index (χ2n) is 2.32. The van der Waals surface area contributed by atoms with Crippen molar-refractivity contribution in [2.24, 2.45) is 0 Å². The van der Waals surface area contributed by atoms with Crippen LogP contribution >= 0.6 is 31.9 Å². The summed E-state index contributed by atoms with van der Waals surface area (Å²) < 4.78 is 13.8. The molecule has 60 valence electrons. The molecule has 0 amide bonds. The number of alkyl halides is 1. The molecule has 0 fully saturated rings. The van der Waals surface area contributed by atoms with Gasteiger partial charge in [-0.25, -0.2) is 4.39 Å². The Labute approximate surface area is 82.1 Å². The van der Waals surface area contributed by atoms with Crippen LogP contribution in [0.4, 0.5) is 4.39 Å². The van der Waals surface area contributed by atoms with Crippen LogP contribution in [-0.2, 0) is 5.33 Å². The van der Waals surface area contributed by atoms with Gasteiger partial charge in [-0.3, -0.25) is 0 Å². The van der Waals surface area contributed by atoms with Crippen LogP contribution in [0.15, 0.2) is 16.6 Å². The van der Waals surface area contributed by atoms with E-state index in [-0.39, 0.29) is 5.82 Å². The van der Waals surface area contributed by atoms with E-state index < -0.39 is 0 Å². The summed E-state index contributed by atoms with van der Waals surface area (Å²) in [5.41, 5.74) is 1.61. The molecule has 0 heterocycles. The third-order valence-electron chi connectivity index (χ3n) is 1.50. The standard InChI is InChI=1S/C8H7Br2F/c1-5-7(10)2-6(4-9)3-8(5)11/h2-3H,4H2,1H3. The summed E-state index contributed by atoms with van der Waals surface area (Å²) in [7, 11) is 0. The zero-order valence-electron chi connectivity index (χ0n) is 6.00. The Hall–Kier alpha value is 0.110. The van der Waals surface area contributed by atoms with Gasteiger partial charge in [0.1, 0.15) is 5.82 Å². The van der Waals surface area contributed by atoms with Crippen molar-refractivity contribution in [3.63, 3.8) is 0 Å². The van der Waals surface area contributed by atoms with Crippen LogP contribution in [0.2, 0.25) is 0 Å². The van der Waals surface area contributed by atoms with Gasteiger partial charge in [0.15, 0.2) is 0 Å². The highest BCUT2D eigenvalue weighted by Gasteiger charge is 2.03. The lowest BCUT2D eigenvalue weighted by Gasteiger charge is -2.02. The molecule has 0 bridgehead atoms. The smallest absolute Gasteiger partial charge is 0.127 e. The van der Waals surface area contributed by atoms with Crippen molar-refractivity contribution in [3.05, 3.63) is 33.5 Å². The molecule has 11 heavy (non-hydrogen) atoms. The molecule has 0 aromatic heterocycles. The van der Waals surface area contributed by atoms with Crippen LogP contribution in [0.1, 0.15) is 11.1 Å². The maximum atomic E-state index is 13.0. The molecule has 0 aliphatic rings. The predicted octanol–water partition coefficient (Wildman–Crippen LogP) is 3.79. The summed E-state index contributed by atoms with van der Waals surface area (Å²) in [6.45, 7) is 1.75. The molecule has 0 aliphatic carbocycles. The molecule has 0 unspecified atom stereocenters. The molecule has 0 saturated carbocycles. The van der Waals surface area contributed by atoms with E-state index in [1.165, 1.54) is 6.07 Å². The Kier molecular flexibility index (Phi) is 3.07. The quantitative estimate of drug-likeness (QED) is 0.687. The minimum absolute atomic E-state index is 0.158. The molecule has 0 aliphatic heterocycles. The fraction of sp³-hybridized carbons (Fsp3) is 0.250. The Balaban J connectivity index is 3.21. The van der Waals surface area contributed by atoms with Gasteiger partial charge in [0.2, 0.25) is 0 Å². The first-order valence-corrected chi connectivity index (χ1v) is 5.07. The van der Waals surface area contributed by atoms with Gasteiger partial charge >= 0.3 is 0 Å². The Bertz CT molecular complexity index is 248. The number of rotatable bonds is 1. The van der Waals surface area contributed by atoms with Crippen LogP contribution in [0, 0.1) is 12.7 Å². The fourth-order valence-corrected chi connectivity index (χ4v) is 1.58. The van der Waals surface area contributed by atoms with Crippen molar-refractivity contribution in [2.75, 3.05) is 0 Å². The number of hydrogen-bond donors (Lipinski definition) is 0. The monoisotopic (exact) mass is 280 g/mol. The SMILES string of the molecule is Cc1c(F)cc(CBr)cc1Br. The molecular weight excluding hydrogens is 275 g/mol. The average Bonchev–Trinajstić information content (AvgIpc) is 1.99. The summed E-state index contributed by atoms with van der Waals surface area (Å²) in [6.07, 6.45) is 0. The van der Waals surface area contributed by atoms with Crippen molar-refractivity contribution in [1.82, 2.24) is 0 Å². The molecule has 1 aromatic rings. The summed E-state index contributed by atoms with van der Waals surface area (Å²) in [5, 5.41) is 0.683. The van der Waals surface area contributed by atoms with E-state index in [0.717, 1.165) is 10.0 Å². The molecular formula is C8H7Br2F. The van der Waals surface area contributed by atoms with Crippen LogP contribution in [0.5, 0.6) is 0 Å². The second-order valence-corrected chi connectivity index (χ2v) is 3.73. The van der Waals surface area contributed by atoms with Crippen LogP contribution < -0.4 is 0 Å². The first-order chi connectivity index (χ1) is 5.15. The lowest BCUT2D eigenvalue weighted by atomic mass is 10.2. The van der Waals surface area contributed by atoms with E-state index in [9.17, 15) is 4.39 Å². The average molecular weight is 282 g/mol. The van der Waals surface area contributed by atoms with Gasteiger partial charge in [-0.2, -0.15) is 0 Å². The van der Waals surface area contributed by atoms with E-state index in [4.69, 9.17) is 0 Å². The summed E-state index contributed by atoms with van der Waals surface area (Å²) in [5.74, 6) is -0.158. The minimum Gasteiger partial charge on any atom is -0.207 e. The van der Waals surface area contributed by atoms with Gasteiger partial charge in [0.05, 0.1) is 0 Å². The summed E-state index contributed by atoms with van der Waals surface area (Å²) in [6, 6.07) is 3.45. The molecule has 0 N–H and O–H groups in total. The van der Waals surface area contributed by atoms with Gasteiger partial charge < -0.3 is 0 Å². The van der Waals surface area contributed by atoms with Gasteiger partial charge in [0, 0.05) is 9.80 Å². The normalized spacial score (nSPS) is 10.2. The maximum Gasteiger partial charge on any atom is 0.127 e. The summed E-state index contributed by atoms with van der Waals surface area (Å²) >= 11 is 6.54. The molecule has 3 heteroatoms. The second kappa shape index (κ2) is 3.68. The number of benzene rings is 1. The van der Waals surface area contributed by atoms with Crippen molar-refractivity contribution in [2.45, 2.75) is 12.3 Å². The topological polar surface area (TPSA) is 0 Å². The number of hydrogen-bond acceptors (Lipinski definition) is 0. The van der Waals surface area contributed by atoms with E-state index in [0.29, 0.717) is 10.9 Å². The van der Waals surface area contributed by atoms with Gasteiger partial charge in [-0.1, -0.05) is 31.9 Å². The van der Waals surface area contributed by atoms with Crippen molar-refractivity contribution in [1.29, 1.82) is 0 Å². The third kappa shape index (κ3) is 2.03. The first-order valence-electron chi connectivity index (χ1n) is 3.15. The predicted molar refractivity (Wildman–Crippen MR) is 51.5 cm³/mol. The molecule has 0 saturated heterocycles. The van der Waals surface area contributed by atoms with Crippen LogP contribution in [-0.4, -0.2) is 0 Å². The number of halogens is 3. The van der Waals surface area contributed by atoms with E-state index >= 15 is 0 Å². The van der Waals surface area contributed by atoms with Crippen molar-refractivity contribution in [3.8, 4) is 0 Å². The Morgan fingerprint density at radius 2 is 2.09 bits per heavy atom. The molecule has 0 nitrogen and oxygen atoms in total. The highest BCUT2D eigenvalue weighted by Crippen LogP contribution is 2.22. The van der Waals surface area contributed by atoms with Crippen LogP contribution in [0.3, 0.4) is 0 Å². The van der Waals surface area contributed by atoms with Crippen LogP contribution in [0.25, 0.3) is 0 Å². The maximum absolute atomic E-state index is 13.0.